The molecule has 0 aromatic heterocycles. The first-order valence-electron chi connectivity index (χ1n) is 16.9. The van der Waals surface area contributed by atoms with Gasteiger partial charge in [-0.15, -0.1) is 0 Å². The van der Waals surface area contributed by atoms with E-state index in [-0.39, 0.29) is 22.3 Å². The van der Waals surface area contributed by atoms with E-state index in [1.807, 2.05) is 0 Å². The highest BCUT2D eigenvalue weighted by Gasteiger charge is 2.55. The summed E-state index contributed by atoms with van der Waals surface area (Å²) in [7, 11) is 0. The minimum atomic E-state index is -0.403. The summed E-state index contributed by atoms with van der Waals surface area (Å²) in [6.07, 6.45) is 14.7. The van der Waals surface area contributed by atoms with E-state index in [0.29, 0.717) is 22.9 Å². The Hall–Kier alpha value is -3.28. The summed E-state index contributed by atoms with van der Waals surface area (Å²) >= 11 is 0. The van der Waals surface area contributed by atoms with Crippen molar-refractivity contribution in [3.63, 3.8) is 0 Å². The van der Waals surface area contributed by atoms with Crippen molar-refractivity contribution < 1.29 is 18.3 Å². The number of ether oxygens (including phenoxy) is 2. The number of nitrogen functional groups attached to an aromatic ring is 2. The third-order valence-electron chi connectivity index (χ3n) is 12.7. The fraction of sp³-hybridized carbons (Fsp3) is 0.526. The number of hydrogen-bond acceptors (Lipinski definition) is 4. The van der Waals surface area contributed by atoms with Crippen LogP contribution in [0.5, 0.6) is 23.0 Å². The number of benzene rings is 3. The van der Waals surface area contributed by atoms with Crippen LogP contribution in [0.15, 0.2) is 48.5 Å². The summed E-state index contributed by atoms with van der Waals surface area (Å²) < 4.78 is 43.1. The Balaban J connectivity index is 1.28. The summed E-state index contributed by atoms with van der Waals surface area (Å²) in [5.74, 6) is 5.35. The second-order valence-corrected chi connectivity index (χ2v) is 15.8. The van der Waals surface area contributed by atoms with Crippen molar-refractivity contribution in [3.8, 4) is 23.0 Å². The Kier molecular flexibility index (Phi) is 5.91. The molecule has 8 fully saturated rings. The molecule has 3 aromatic carbocycles. The van der Waals surface area contributed by atoms with Gasteiger partial charge in [-0.3, -0.25) is 0 Å². The van der Waals surface area contributed by atoms with Gasteiger partial charge in [-0.05, 0) is 148 Å². The van der Waals surface area contributed by atoms with E-state index in [1.165, 1.54) is 62.8 Å². The lowest BCUT2D eigenvalue weighted by Gasteiger charge is -2.58. The number of halogens is 2. The van der Waals surface area contributed by atoms with Crippen LogP contribution in [0.1, 0.15) is 88.2 Å². The summed E-state index contributed by atoms with van der Waals surface area (Å²) in [5, 5.41) is 0. The van der Waals surface area contributed by atoms with Crippen LogP contribution >= 0.6 is 0 Å². The Morgan fingerprint density at radius 3 is 1.14 bits per heavy atom. The first kappa shape index (κ1) is 27.1. The molecule has 8 aliphatic carbocycles. The predicted octanol–water partition coefficient (Wildman–Crippen LogP) is 9.65. The zero-order chi connectivity index (χ0) is 29.8. The van der Waals surface area contributed by atoms with Crippen molar-refractivity contribution >= 4 is 11.4 Å². The Morgan fingerprint density at radius 2 is 0.818 bits per heavy atom. The molecule has 0 aliphatic heterocycles. The first-order chi connectivity index (χ1) is 21.2. The van der Waals surface area contributed by atoms with Crippen LogP contribution in [0.25, 0.3) is 0 Å². The molecule has 0 radical (unpaired) electrons. The van der Waals surface area contributed by atoms with Crippen molar-refractivity contribution in [2.75, 3.05) is 11.5 Å². The molecular formula is C38H42F2N2O2. The molecule has 0 saturated heterocycles. The second-order valence-electron chi connectivity index (χ2n) is 15.8. The van der Waals surface area contributed by atoms with Crippen molar-refractivity contribution in [2.24, 2.45) is 35.5 Å². The second kappa shape index (κ2) is 9.61. The molecule has 230 valence electrons. The Bertz CT molecular complexity index is 1460. The lowest BCUT2D eigenvalue weighted by molar-refractivity contribution is -0.00832. The quantitative estimate of drug-likeness (QED) is 0.278. The van der Waals surface area contributed by atoms with Crippen molar-refractivity contribution in [3.05, 3.63) is 71.3 Å². The maximum atomic E-state index is 14.7. The SMILES string of the molecule is Nc1ccc(F)cc1Oc1c(C23CC4CC(CC(C4)C2)C3)ccc(C23CC4CC(CC(C4)C2)C3)c1Oc1cc(F)ccc1N. The number of anilines is 2. The van der Waals surface area contributed by atoms with Gasteiger partial charge in [0.05, 0.1) is 11.4 Å². The van der Waals surface area contributed by atoms with Gasteiger partial charge in [-0.25, -0.2) is 8.78 Å². The van der Waals surface area contributed by atoms with Crippen LogP contribution in [0.2, 0.25) is 0 Å². The van der Waals surface area contributed by atoms with E-state index >= 15 is 0 Å². The van der Waals surface area contributed by atoms with E-state index in [2.05, 4.69) is 12.1 Å². The van der Waals surface area contributed by atoms with Gasteiger partial charge in [0.15, 0.2) is 23.0 Å². The van der Waals surface area contributed by atoms with Gasteiger partial charge in [-0.2, -0.15) is 0 Å². The Labute approximate surface area is 258 Å². The smallest absolute Gasteiger partial charge is 0.174 e. The molecule has 8 bridgehead atoms. The zero-order valence-corrected chi connectivity index (χ0v) is 25.3. The van der Waals surface area contributed by atoms with E-state index in [4.69, 9.17) is 20.9 Å². The molecule has 6 heteroatoms. The molecule has 8 saturated carbocycles. The summed E-state index contributed by atoms with van der Waals surface area (Å²) in [6, 6.07) is 13.2. The number of hydrogen-bond donors (Lipinski definition) is 2. The largest absolute Gasteiger partial charge is 0.451 e. The minimum Gasteiger partial charge on any atom is -0.451 e. The maximum absolute atomic E-state index is 14.7. The lowest BCUT2D eigenvalue weighted by Crippen LogP contribution is -2.49. The van der Waals surface area contributed by atoms with E-state index < -0.39 is 11.6 Å². The molecule has 11 rings (SSSR count). The highest BCUT2D eigenvalue weighted by molar-refractivity contribution is 5.64. The van der Waals surface area contributed by atoms with Crippen LogP contribution in [0.4, 0.5) is 20.2 Å². The standard InChI is InChI=1S/C38H42F2N2O2/c39-27-1-5-31(41)33(13-27)43-35-29(37-15-21-7-22(16-37)9-23(8-21)17-37)3-4-30(36(35)44-34-14-28(40)2-6-32(34)42)38-18-24-10-25(19-38)12-26(11-24)20-38/h1-6,13-14,21-26H,7-12,15-20,41-42H2. The fourth-order valence-corrected chi connectivity index (χ4v) is 11.9. The molecule has 8 aliphatic rings. The van der Waals surface area contributed by atoms with Crippen LogP contribution in [-0.2, 0) is 10.8 Å². The molecule has 0 heterocycles. The average molecular weight is 597 g/mol. The van der Waals surface area contributed by atoms with Gasteiger partial charge in [0.1, 0.15) is 11.6 Å². The van der Waals surface area contributed by atoms with Crippen molar-refractivity contribution in [1.29, 1.82) is 0 Å². The van der Waals surface area contributed by atoms with Crippen LogP contribution < -0.4 is 20.9 Å². The van der Waals surface area contributed by atoms with E-state index in [0.717, 1.165) is 85.2 Å². The topological polar surface area (TPSA) is 70.5 Å². The fourth-order valence-electron chi connectivity index (χ4n) is 11.9. The molecule has 4 nitrogen and oxygen atoms in total. The molecule has 3 aromatic rings. The lowest BCUT2D eigenvalue weighted by atomic mass is 9.47. The van der Waals surface area contributed by atoms with Gasteiger partial charge in [0.2, 0.25) is 0 Å². The van der Waals surface area contributed by atoms with E-state index in [1.54, 1.807) is 12.1 Å². The van der Waals surface area contributed by atoms with Gasteiger partial charge in [-0.1, -0.05) is 12.1 Å². The van der Waals surface area contributed by atoms with Gasteiger partial charge in [0.25, 0.3) is 0 Å². The number of nitrogens with two attached hydrogens (primary N) is 2. The molecular weight excluding hydrogens is 554 g/mol. The molecule has 0 spiro atoms. The summed E-state index contributed by atoms with van der Waals surface area (Å²) in [5.41, 5.74) is 15.8. The van der Waals surface area contributed by atoms with Crippen LogP contribution in [-0.4, -0.2) is 0 Å². The van der Waals surface area contributed by atoms with Crippen LogP contribution in [0, 0.1) is 47.1 Å². The highest BCUT2D eigenvalue weighted by atomic mass is 19.1. The molecule has 0 amide bonds. The summed E-state index contributed by atoms with van der Waals surface area (Å²) in [6.45, 7) is 0. The van der Waals surface area contributed by atoms with Crippen molar-refractivity contribution in [1.82, 2.24) is 0 Å². The van der Waals surface area contributed by atoms with Gasteiger partial charge < -0.3 is 20.9 Å². The van der Waals surface area contributed by atoms with E-state index in [9.17, 15) is 8.78 Å². The third-order valence-corrected chi connectivity index (χ3v) is 12.7. The predicted molar refractivity (Wildman–Crippen MR) is 168 cm³/mol. The molecule has 0 atom stereocenters. The maximum Gasteiger partial charge on any atom is 0.174 e. The normalized spacial score (nSPS) is 36.1. The van der Waals surface area contributed by atoms with Crippen molar-refractivity contribution in [2.45, 2.75) is 87.9 Å². The van der Waals surface area contributed by atoms with Crippen LogP contribution in [0.3, 0.4) is 0 Å². The molecule has 4 N–H and O–H groups in total. The summed E-state index contributed by atoms with van der Waals surface area (Å²) in [4.78, 5) is 0. The monoisotopic (exact) mass is 596 g/mol. The first-order valence-corrected chi connectivity index (χ1v) is 16.9. The Morgan fingerprint density at radius 1 is 0.500 bits per heavy atom. The highest BCUT2D eigenvalue weighted by Crippen LogP contribution is 2.66. The minimum absolute atomic E-state index is 0.0300. The van der Waals surface area contributed by atoms with Gasteiger partial charge in [0, 0.05) is 23.3 Å². The molecule has 0 unspecified atom stereocenters. The number of rotatable bonds is 6. The molecule has 44 heavy (non-hydrogen) atoms. The van der Waals surface area contributed by atoms with Gasteiger partial charge >= 0.3 is 0 Å². The average Bonchev–Trinajstić information content (AvgIpc) is 2.96. The zero-order valence-electron chi connectivity index (χ0n) is 25.3. The third kappa shape index (κ3) is 4.26.